The first kappa shape index (κ1) is 12.1. The fourth-order valence-electron chi connectivity index (χ4n) is 2.03. The van der Waals surface area contributed by atoms with Gasteiger partial charge in [0.1, 0.15) is 11.5 Å². The molecule has 1 unspecified atom stereocenters. The van der Waals surface area contributed by atoms with Gasteiger partial charge in [0.25, 0.3) is 5.91 Å². The number of aliphatic hydroxyl groups excluding tert-OH is 1. The molecule has 0 saturated carbocycles. The van der Waals surface area contributed by atoms with Crippen molar-refractivity contribution in [2.24, 2.45) is 0 Å². The zero-order chi connectivity index (χ0) is 12.4. The Balaban J connectivity index is 2.12. The summed E-state index contributed by atoms with van der Waals surface area (Å²) in [6.07, 6.45) is -0.277. The maximum absolute atomic E-state index is 12.2. The first-order valence-electron chi connectivity index (χ1n) is 5.70. The molecule has 17 heavy (non-hydrogen) atoms. The van der Waals surface area contributed by atoms with Gasteiger partial charge in [0.05, 0.1) is 24.9 Å². The minimum Gasteiger partial charge on any atom is -0.466 e. The van der Waals surface area contributed by atoms with Crippen molar-refractivity contribution in [3.63, 3.8) is 0 Å². The maximum atomic E-state index is 12.2. The van der Waals surface area contributed by atoms with E-state index in [9.17, 15) is 4.79 Å². The van der Waals surface area contributed by atoms with Crippen molar-refractivity contribution >= 4 is 5.91 Å². The Bertz CT molecular complexity index is 413. The second-order valence-corrected chi connectivity index (χ2v) is 4.25. The molecule has 0 aromatic carbocycles. The summed E-state index contributed by atoms with van der Waals surface area (Å²) in [4.78, 5) is 13.9. The molecule has 2 heterocycles. The molecule has 0 spiro atoms. The number of hydrogen-bond acceptors (Lipinski definition) is 4. The number of carbonyl (C=O) groups is 1. The van der Waals surface area contributed by atoms with E-state index in [0.717, 1.165) is 5.76 Å². The van der Waals surface area contributed by atoms with Gasteiger partial charge in [0.2, 0.25) is 0 Å². The van der Waals surface area contributed by atoms with Gasteiger partial charge in [-0.15, -0.1) is 0 Å². The number of nitrogens with zero attached hydrogens (tertiary/aromatic N) is 1. The zero-order valence-corrected chi connectivity index (χ0v) is 10.1. The van der Waals surface area contributed by atoms with Crippen LogP contribution in [0.15, 0.2) is 10.5 Å². The van der Waals surface area contributed by atoms with Crippen molar-refractivity contribution < 1.29 is 19.1 Å². The Hall–Kier alpha value is -1.33. The van der Waals surface area contributed by atoms with Gasteiger partial charge in [-0.2, -0.15) is 0 Å². The van der Waals surface area contributed by atoms with Crippen molar-refractivity contribution in [2.75, 3.05) is 26.3 Å². The Morgan fingerprint density at radius 3 is 2.94 bits per heavy atom. The van der Waals surface area contributed by atoms with E-state index in [0.29, 0.717) is 31.0 Å². The van der Waals surface area contributed by atoms with Crippen LogP contribution in [-0.2, 0) is 4.74 Å². The van der Waals surface area contributed by atoms with Crippen molar-refractivity contribution in [2.45, 2.75) is 20.0 Å². The second-order valence-electron chi connectivity index (χ2n) is 4.25. The van der Waals surface area contributed by atoms with Gasteiger partial charge in [-0.1, -0.05) is 0 Å². The molecule has 94 valence electrons. The Labute approximate surface area is 100.0 Å². The lowest BCUT2D eigenvalue weighted by atomic mass is 10.2. The van der Waals surface area contributed by atoms with Crippen molar-refractivity contribution in [3.8, 4) is 0 Å². The highest BCUT2D eigenvalue weighted by molar-refractivity contribution is 5.95. The third kappa shape index (κ3) is 2.50. The molecule has 0 bridgehead atoms. The van der Waals surface area contributed by atoms with E-state index in [-0.39, 0.29) is 18.6 Å². The predicted molar refractivity (Wildman–Crippen MR) is 60.9 cm³/mol. The fraction of sp³-hybridized carbons (Fsp3) is 0.583. The minimum absolute atomic E-state index is 0.0545. The SMILES string of the molecule is Cc1cc(C(=O)N2CCOC(CO)C2)c(C)o1. The number of morpholine rings is 1. The molecule has 1 saturated heterocycles. The lowest BCUT2D eigenvalue weighted by Crippen LogP contribution is -2.46. The maximum Gasteiger partial charge on any atom is 0.257 e. The summed E-state index contributed by atoms with van der Waals surface area (Å²) in [6.45, 7) is 4.99. The van der Waals surface area contributed by atoms with Gasteiger partial charge in [0, 0.05) is 13.1 Å². The van der Waals surface area contributed by atoms with Crippen LogP contribution in [0.5, 0.6) is 0 Å². The molecule has 5 heteroatoms. The molecule has 5 nitrogen and oxygen atoms in total. The monoisotopic (exact) mass is 239 g/mol. The summed E-state index contributed by atoms with van der Waals surface area (Å²) in [5.41, 5.74) is 0.598. The number of amides is 1. The first-order valence-corrected chi connectivity index (χ1v) is 5.70. The molecular formula is C12H17NO4. The fourth-order valence-corrected chi connectivity index (χ4v) is 2.03. The summed E-state index contributed by atoms with van der Waals surface area (Å²) in [7, 11) is 0. The van der Waals surface area contributed by atoms with Crippen molar-refractivity contribution in [1.29, 1.82) is 0 Å². The van der Waals surface area contributed by atoms with Gasteiger partial charge >= 0.3 is 0 Å². The van der Waals surface area contributed by atoms with Crippen LogP contribution < -0.4 is 0 Å². The third-order valence-electron chi connectivity index (χ3n) is 2.90. The average Bonchev–Trinajstić information content (AvgIpc) is 2.67. The number of furan rings is 1. The molecule has 1 aliphatic rings. The van der Waals surface area contributed by atoms with Crippen LogP contribution in [0.3, 0.4) is 0 Å². The smallest absolute Gasteiger partial charge is 0.257 e. The van der Waals surface area contributed by atoms with Crippen LogP contribution in [0, 0.1) is 13.8 Å². The van der Waals surface area contributed by atoms with E-state index < -0.39 is 0 Å². The van der Waals surface area contributed by atoms with Crippen LogP contribution in [0.25, 0.3) is 0 Å². The number of carbonyl (C=O) groups excluding carboxylic acids is 1. The average molecular weight is 239 g/mol. The lowest BCUT2D eigenvalue weighted by Gasteiger charge is -2.31. The molecule has 0 aliphatic carbocycles. The number of ether oxygens (including phenoxy) is 1. The molecule has 1 fully saturated rings. The van der Waals surface area contributed by atoms with Crippen LogP contribution in [-0.4, -0.2) is 48.3 Å². The minimum atomic E-state index is -0.277. The summed E-state index contributed by atoms with van der Waals surface area (Å²) >= 11 is 0. The number of rotatable bonds is 2. The molecular weight excluding hydrogens is 222 g/mol. The number of hydrogen-bond donors (Lipinski definition) is 1. The summed E-state index contributed by atoms with van der Waals surface area (Å²) in [6, 6.07) is 1.75. The van der Waals surface area contributed by atoms with Gasteiger partial charge in [0.15, 0.2) is 0 Å². The number of aryl methyl sites for hydroxylation is 2. The molecule has 1 N–H and O–H groups in total. The predicted octanol–water partition coefficient (Wildman–Crippen LogP) is 0.730. The second kappa shape index (κ2) is 4.89. The summed E-state index contributed by atoms with van der Waals surface area (Å²) in [5.74, 6) is 1.32. The van der Waals surface area contributed by atoms with E-state index in [1.54, 1.807) is 17.9 Å². The first-order chi connectivity index (χ1) is 8.11. The Kier molecular flexibility index (Phi) is 3.49. The molecule has 0 radical (unpaired) electrons. The molecule has 1 aromatic heterocycles. The third-order valence-corrected chi connectivity index (χ3v) is 2.90. The quantitative estimate of drug-likeness (QED) is 0.826. The summed E-state index contributed by atoms with van der Waals surface area (Å²) in [5, 5.41) is 9.04. The Morgan fingerprint density at radius 1 is 1.59 bits per heavy atom. The van der Waals surface area contributed by atoms with Gasteiger partial charge < -0.3 is 19.2 Å². The van der Waals surface area contributed by atoms with E-state index in [1.807, 2.05) is 6.92 Å². The highest BCUT2D eigenvalue weighted by Gasteiger charge is 2.26. The largest absolute Gasteiger partial charge is 0.466 e. The van der Waals surface area contributed by atoms with E-state index in [2.05, 4.69) is 0 Å². The van der Waals surface area contributed by atoms with Gasteiger partial charge in [-0.25, -0.2) is 0 Å². The highest BCUT2D eigenvalue weighted by atomic mass is 16.5. The van der Waals surface area contributed by atoms with Crippen LogP contribution in [0.2, 0.25) is 0 Å². The number of aliphatic hydroxyl groups is 1. The van der Waals surface area contributed by atoms with Gasteiger partial charge in [-0.05, 0) is 19.9 Å². The zero-order valence-electron chi connectivity index (χ0n) is 10.1. The molecule has 1 atom stereocenters. The van der Waals surface area contributed by atoms with E-state index in [4.69, 9.17) is 14.3 Å². The van der Waals surface area contributed by atoms with E-state index in [1.165, 1.54) is 0 Å². The van der Waals surface area contributed by atoms with Crippen molar-refractivity contribution in [3.05, 3.63) is 23.2 Å². The molecule has 2 rings (SSSR count). The van der Waals surface area contributed by atoms with Crippen LogP contribution in [0.1, 0.15) is 21.9 Å². The van der Waals surface area contributed by atoms with Gasteiger partial charge in [-0.3, -0.25) is 4.79 Å². The topological polar surface area (TPSA) is 62.9 Å². The van der Waals surface area contributed by atoms with E-state index >= 15 is 0 Å². The normalized spacial score (nSPS) is 20.6. The molecule has 1 aliphatic heterocycles. The standard InChI is InChI=1S/C12H17NO4/c1-8-5-11(9(2)17-8)12(15)13-3-4-16-10(6-13)7-14/h5,10,14H,3-4,6-7H2,1-2H3. The summed E-state index contributed by atoms with van der Waals surface area (Å²) < 4.78 is 10.7. The van der Waals surface area contributed by atoms with Crippen LogP contribution >= 0.6 is 0 Å². The van der Waals surface area contributed by atoms with Crippen molar-refractivity contribution in [1.82, 2.24) is 4.90 Å². The Morgan fingerprint density at radius 2 is 2.35 bits per heavy atom. The molecule has 1 amide bonds. The lowest BCUT2D eigenvalue weighted by molar-refractivity contribution is -0.0447. The highest BCUT2D eigenvalue weighted by Crippen LogP contribution is 2.17. The molecule has 1 aromatic rings. The van der Waals surface area contributed by atoms with Crippen LogP contribution in [0.4, 0.5) is 0 Å².